The van der Waals surface area contributed by atoms with Crippen molar-refractivity contribution in [1.82, 2.24) is 0 Å². The summed E-state index contributed by atoms with van der Waals surface area (Å²) in [5.74, 6) is 0.986. The number of furan rings is 1. The average Bonchev–Trinajstić information content (AvgIpc) is 2.87. The maximum absolute atomic E-state index is 6.30. The van der Waals surface area contributed by atoms with Crippen molar-refractivity contribution >= 4 is 0 Å². The Bertz CT molecular complexity index is 484. The Hall–Kier alpha value is -1.54. The monoisotopic (exact) mass is 243 g/mol. The van der Waals surface area contributed by atoms with E-state index in [1.807, 2.05) is 6.07 Å². The Labute approximate surface area is 109 Å². The van der Waals surface area contributed by atoms with Gasteiger partial charge in [-0.2, -0.15) is 0 Å². The molecule has 0 saturated heterocycles. The molecule has 0 aliphatic heterocycles. The Morgan fingerprint density at radius 3 is 2.44 bits per heavy atom. The second-order valence-corrected chi connectivity index (χ2v) is 4.62. The van der Waals surface area contributed by atoms with Crippen molar-refractivity contribution in [3.05, 3.63) is 59.0 Å². The van der Waals surface area contributed by atoms with Crippen molar-refractivity contribution in [3.63, 3.8) is 0 Å². The fraction of sp³-hybridized carbons (Fsp3) is 0.375. The number of hydrogen-bond donors (Lipinski definition) is 1. The van der Waals surface area contributed by atoms with E-state index in [1.54, 1.807) is 6.26 Å². The van der Waals surface area contributed by atoms with Crippen LogP contribution in [0, 0.1) is 0 Å². The van der Waals surface area contributed by atoms with Gasteiger partial charge in [0.25, 0.3) is 0 Å². The molecule has 18 heavy (non-hydrogen) atoms. The lowest BCUT2D eigenvalue weighted by Crippen LogP contribution is -2.12. The molecule has 1 aromatic carbocycles. The molecule has 2 nitrogen and oxygen atoms in total. The molecule has 0 fully saturated rings. The minimum Gasteiger partial charge on any atom is -0.469 e. The molecule has 1 unspecified atom stereocenters. The van der Waals surface area contributed by atoms with Gasteiger partial charge in [0.05, 0.1) is 12.3 Å². The molecular weight excluding hydrogens is 222 g/mol. The summed E-state index contributed by atoms with van der Waals surface area (Å²) in [5, 5.41) is 0. The molecule has 0 aliphatic carbocycles. The normalized spacial score (nSPS) is 12.6. The summed E-state index contributed by atoms with van der Waals surface area (Å²) in [6.45, 7) is 4.28. The van der Waals surface area contributed by atoms with Gasteiger partial charge in [0.1, 0.15) is 5.76 Å². The van der Waals surface area contributed by atoms with Crippen molar-refractivity contribution in [3.8, 4) is 0 Å². The maximum Gasteiger partial charge on any atom is 0.108 e. The molecule has 2 rings (SSSR count). The number of rotatable bonds is 5. The van der Waals surface area contributed by atoms with E-state index in [0.717, 1.165) is 29.7 Å². The third-order valence-corrected chi connectivity index (χ3v) is 3.31. The van der Waals surface area contributed by atoms with E-state index in [0.29, 0.717) is 0 Å². The Balaban J connectivity index is 2.20. The van der Waals surface area contributed by atoms with Gasteiger partial charge in [-0.05, 0) is 23.6 Å². The topological polar surface area (TPSA) is 39.2 Å². The highest BCUT2D eigenvalue weighted by atomic mass is 16.3. The fourth-order valence-electron chi connectivity index (χ4n) is 2.27. The van der Waals surface area contributed by atoms with Gasteiger partial charge in [-0.25, -0.2) is 0 Å². The molecule has 96 valence electrons. The van der Waals surface area contributed by atoms with Gasteiger partial charge in [0, 0.05) is 12.0 Å². The summed E-state index contributed by atoms with van der Waals surface area (Å²) in [6, 6.07) is 10.5. The maximum atomic E-state index is 6.30. The van der Waals surface area contributed by atoms with E-state index in [4.69, 9.17) is 10.2 Å². The molecule has 0 bridgehead atoms. The van der Waals surface area contributed by atoms with Crippen LogP contribution in [-0.2, 0) is 12.8 Å². The molecule has 0 amide bonds. The highest BCUT2D eigenvalue weighted by molar-refractivity contribution is 5.34. The van der Waals surface area contributed by atoms with Crippen LogP contribution in [0.4, 0.5) is 0 Å². The predicted molar refractivity (Wildman–Crippen MR) is 74.6 cm³/mol. The van der Waals surface area contributed by atoms with Crippen LogP contribution in [0.15, 0.2) is 41.0 Å². The van der Waals surface area contributed by atoms with Gasteiger partial charge < -0.3 is 10.2 Å². The third kappa shape index (κ3) is 2.65. The summed E-state index contributed by atoms with van der Waals surface area (Å²) in [6.07, 6.45) is 4.90. The van der Waals surface area contributed by atoms with Crippen LogP contribution in [0.2, 0.25) is 0 Å². The second kappa shape index (κ2) is 5.87. The fourth-order valence-corrected chi connectivity index (χ4v) is 2.27. The SMILES string of the molecule is CCCc1ccc(C(N)c2ccoc2CC)cc1. The standard InChI is InChI=1S/C16H21NO/c1-3-5-12-6-8-13(9-7-12)16(17)14-10-11-18-15(14)4-2/h6-11,16H,3-5,17H2,1-2H3. The minimum absolute atomic E-state index is 0.0885. The van der Waals surface area contributed by atoms with Crippen molar-refractivity contribution < 1.29 is 4.42 Å². The van der Waals surface area contributed by atoms with Gasteiger partial charge in [-0.1, -0.05) is 44.5 Å². The molecule has 2 N–H and O–H groups in total. The molecule has 0 aliphatic rings. The van der Waals surface area contributed by atoms with Crippen molar-refractivity contribution in [2.45, 2.75) is 39.2 Å². The van der Waals surface area contributed by atoms with Crippen LogP contribution < -0.4 is 5.73 Å². The lowest BCUT2D eigenvalue weighted by molar-refractivity contribution is 0.509. The molecule has 1 heterocycles. The van der Waals surface area contributed by atoms with Gasteiger partial charge in [-0.15, -0.1) is 0 Å². The largest absolute Gasteiger partial charge is 0.469 e. The molecule has 2 aromatic rings. The summed E-state index contributed by atoms with van der Waals surface area (Å²) in [5.41, 5.74) is 9.92. The van der Waals surface area contributed by atoms with Crippen LogP contribution in [-0.4, -0.2) is 0 Å². The number of benzene rings is 1. The van der Waals surface area contributed by atoms with Crippen LogP contribution in [0.5, 0.6) is 0 Å². The second-order valence-electron chi connectivity index (χ2n) is 4.62. The lowest BCUT2D eigenvalue weighted by atomic mass is 9.97. The summed E-state index contributed by atoms with van der Waals surface area (Å²) >= 11 is 0. The van der Waals surface area contributed by atoms with Crippen LogP contribution in [0.3, 0.4) is 0 Å². The van der Waals surface area contributed by atoms with Crippen LogP contribution in [0.25, 0.3) is 0 Å². The zero-order chi connectivity index (χ0) is 13.0. The van der Waals surface area contributed by atoms with Crippen molar-refractivity contribution in [2.75, 3.05) is 0 Å². The Morgan fingerprint density at radius 2 is 1.83 bits per heavy atom. The van der Waals surface area contributed by atoms with E-state index >= 15 is 0 Å². The van der Waals surface area contributed by atoms with E-state index in [1.165, 1.54) is 12.0 Å². The molecule has 0 radical (unpaired) electrons. The first kappa shape index (κ1) is 12.9. The highest BCUT2D eigenvalue weighted by Crippen LogP contribution is 2.24. The Morgan fingerprint density at radius 1 is 1.11 bits per heavy atom. The van der Waals surface area contributed by atoms with E-state index in [9.17, 15) is 0 Å². The summed E-state index contributed by atoms with van der Waals surface area (Å²) in [4.78, 5) is 0. The molecule has 1 atom stereocenters. The van der Waals surface area contributed by atoms with Gasteiger partial charge in [0.2, 0.25) is 0 Å². The third-order valence-electron chi connectivity index (χ3n) is 3.31. The first-order valence-electron chi connectivity index (χ1n) is 6.67. The quantitative estimate of drug-likeness (QED) is 0.866. The smallest absolute Gasteiger partial charge is 0.108 e. The highest BCUT2D eigenvalue weighted by Gasteiger charge is 2.14. The molecule has 0 spiro atoms. The van der Waals surface area contributed by atoms with Crippen molar-refractivity contribution in [1.29, 1.82) is 0 Å². The number of aryl methyl sites for hydroxylation is 2. The summed E-state index contributed by atoms with van der Waals surface area (Å²) < 4.78 is 5.44. The first-order valence-corrected chi connectivity index (χ1v) is 6.67. The van der Waals surface area contributed by atoms with Crippen LogP contribution >= 0.6 is 0 Å². The van der Waals surface area contributed by atoms with Crippen molar-refractivity contribution in [2.24, 2.45) is 5.73 Å². The molecular formula is C16H21NO. The predicted octanol–water partition coefficient (Wildman–Crippen LogP) is 3.84. The lowest BCUT2D eigenvalue weighted by Gasteiger charge is -2.12. The average molecular weight is 243 g/mol. The van der Waals surface area contributed by atoms with Crippen LogP contribution in [0.1, 0.15) is 48.8 Å². The molecule has 0 saturated carbocycles. The number of hydrogen-bond acceptors (Lipinski definition) is 2. The van der Waals surface area contributed by atoms with E-state index in [2.05, 4.69) is 38.1 Å². The Kier molecular flexibility index (Phi) is 4.21. The van der Waals surface area contributed by atoms with Gasteiger partial charge in [-0.3, -0.25) is 0 Å². The van der Waals surface area contributed by atoms with Gasteiger partial charge in [0.15, 0.2) is 0 Å². The zero-order valence-corrected chi connectivity index (χ0v) is 11.1. The van der Waals surface area contributed by atoms with E-state index in [-0.39, 0.29) is 6.04 Å². The molecule has 1 aromatic heterocycles. The minimum atomic E-state index is -0.0885. The van der Waals surface area contributed by atoms with E-state index < -0.39 is 0 Å². The molecule has 2 heteroatoms. The first-order chi connectivity index (χ1) is 8.76. The summed E-state index contributed by atoms with van der Waals surface area (Å²) in [7, 11) is 0. The van der Waals surface area contributed by atoms with Gasteiger partial charge >= 0.3 is 0 Å². The zero-order valence-electron chi connectivity index (χ0n) is 11.1. The number of nitrogens with two attached hydrogens (primary N) is 1.